The Morgan fingerprint density at radius 1 is 1.00 bits per heavy atom. The van der Waals surface area contributed by atoms with E-state index in [0.717, 1.165) is 26.4 Å². The molecule has 0 aliphatic carbocycles. The third kappa shape index (κ3) is 5.48. The lowest BCUT2D eigenvalue weighted by Gasteiger charge is -2.30. The van der Waals surface area contributed by atoms with Crippen LogP contribution in [0.5, 0.6) is 11.5 Å². The summed E-state index contributed by atoms with van der Waals surface area (Å²) in [5, 5.41) is 4.91. The summed E-state index contributed by atoms with van der Waals surface area (Å²) in [6.07, 6.45) is 1.52. The van der Waals surface area contributed by atoms with E-state index in [4.69, 9.17) is 21.7 Å². The Kier molecular flexibility index (Phi) is 7.83. The van der Waals surface area contributed by atoms with E-state index in [0.29, 0.717) is 33.8 Å². The highest BCUT2D eigenvalue weighted by Gasteiger charge is 2.35. The summed E-state index contributed by atoms with van der Waals surface area (Å²) < 4.78 is 13.3. The Bertz CT molecular complexity index is 1680. The Hall–Kier alpha value is -3.53. The van der Waals surface area contributed by atoms with E-state index in [1.165, 1.54) is 11.0 Å². The SMILES string of the molecule is COc1cc(/C=C2/C(=O)NC(=S)N(c3ccc(Br)cc3C)C2=O)cc(Br)c1OCc1cccc2ccccc12. The number of hydrogen-bond donors (Lipinski definition) is 1. The highest BCUT2D eigenvalue weighted by atomic mass is 79.9. The predicted octanol–water partition coefficient (Wildman–Crippen LogP) is 7.09. The molecule has 1 fully saturated rings. The lowest BCUT2D eigenvalue weighted by Crippen LogP contribution is -2.54. The van der Waals surface area contributed by atoms with Crippen molar-refractivity contribution in [3.8, 4) is 11.5 Å². The van der Waals surface area contributed by atoms with Crippen LogP contribution >= 0.6 is 44.1 Å². The summed E-state index contributed by atoms with van der Waals surface area (Å²) in [7, 11) is 1.54. The van der Waals surface area contributed by atoms with Crippen LogP contribution in [-0.4, -0.2) is 24.0 Å². The molecule has 1 aliphatic rings. The van der Waals surface area contributed by atoms with Gasteiger partial charge in [-0.25, -0.2) is 0 Å². The Morgan fingerprint density at radius 3 is 2.54 bits per heavy atom. The highest BCUT2D eigenvalue weighted by Crippen LogP contribution is 2.38. The first kappa shape index (κ1) is 27.1. The van der Waals surface area contributed by atoms with E-state index >= 15 is 0 Å². The first-order valence-corrected chi connectivity index (χ1v) is 13.9. The molecule has 1 heterocycles. The first-order chi connectivity index (χ1) is 18.8. The van der Waals surface area contributed by atoms with Crippen molar-refractivity contribution in [3.05, 3.63) is 104 Å². The monoisotopic (exact) mass is 664 g/mol. The summed E-state index contributed by atoms with van der Waals surface area (Å²) in [5.41, 5.74) is 2.99. The zero-order chi connectivity index (χ0) is 27.7. The number of hydrogen-bond acceptors (Lipinski definition) is 5. The van der Waals surface area contributed by atoms with Crippen LogP contribution in [0.25, 0.3) is 16.8 Å². The Balaban J connectivity index is 1.45. The fourth-order valence-corrected chi connectivity index (χ4v) is 5.77. The largest absolute Gasteiger partial charge is 0.493 e. The molecule has 196 valence electrons. The first-order valence-electron chi connectivity index (χ1n) is 11.9. The number of methoxy groups -OCH3 is 1. The second-order valence-electron chi connectivity index (χ2n) is 8.85. The van der Waals surface area contributed by atoms with Gasteiger partial charge in [0.25, 0.3) is 11.8 Å². The lowest BCUT2D eigenvalue weighted by molar-refractivity contribution is -0.122. The maximum atomic E-state index is 13.5. The number of carbonyl (C=O) groups is 2. The number of carbonyl (C=O) groups excluding carboxylic acids is 2. The van der Waals surface area contributed by atoms with Gasteiger partial charge in [0, 0.05) is 4.47 Å². The summed E-state index contributed by atoms with van der Waals surface area (Å²) >= 11 is 12.3. The number of nitrogens with one attached hydrogen (secondary N) is 1. The van der Waals surface area contributed by atoms with Gasteiger partial charge in [0.2, 0.25) is 0 Å². The number of fused-ring (bicyclic) bond motifs is 1. The molecule has 1 saturated heterocycles. The van der Waals surface area contributed by atoms with Gasteiger partial charge in [0.15, 0.2) is 16.6 Å². The molecule has 6 nitrogen and oxygen atoms in total. The van der Waals surface area contributed by atoms with E-state index in [9.17, 15) is 9.59 Å². The molecular weight excluding hydrogens is 644 g/mol. The number of nitrogens with zero attached hydrogens (tertiary/aromatic N) is 1. The smallest absolute Gasteiger partial charge is 0.270 e. The van der Waals surface area contributed by atoms with Gasteiger partial charge in [-0.1, -0.05) is 58.4 Å². The van der Waals surface area contributed by atoms with Gasteiger partial charge in [0.1, 0.15) is 12.2 Å². The van der Waals surface area contributed by atoms with Crippen molar-refractivity contribution in [2.45, 2.75) is 13.5 Å². The van der Waals surface area contributed by atoms with Crippen LogP contribution in [0.3, 0.4) is 0 Å². The van der Waals surface area contributed by atoms with Crippen molar-refractivity contribution in [1.29, 1.82) is 0 Å². The van der Waals surface area contributed by atoms with Crippen molar-refractivity contribution >= 4 is 83.5 Å². The maximum absolute atomic E-state index is 13.5. The van der Waals surface area contributed by atoms with Gasteiger partial charge in [-0.15, -0.1) is 0 Å². The average Bonchev–Trinajstić information content (AvgIpc) is 2.91. The molecular formula is C30H22Br2N2O4S. The highest BCUT2D eigenvalue weighted by molar-refractivity contribution is 9.10. The van der Waals surface area contributed by atoms with Gasteiger partial charge in [0.05, 0.1) is 17.3 Å². The third-order valence-electron chi connectivity index (χ3n) is 6.32. The van der Waals surface area contributed by atoms with Gasteiger partial charge < -0.3 is 9.47 Å². The van der Waals surface area contributed by atoms with Crippen molar-refractivity contribution in [2.75, 3.05) is 12.0 Å². The number of halogens is 2. The molecule has 0 aromatic heterocycles. The van der Waals surface area contributed by atoms with Gasteiger partial charge >= 0.3 is 0 Å². The van der Waals surface area contributed by atoms with Crippen molar-refractivity contribution in [2.24, 2.45) is 0 Å². The molecule has 0 saturated carbocycles. The molecule has 2 amide bonds. The van der Waals surface area contributed by atoms with Crippen LogP contribution in [0, 0.1) is 6.92 Å². The molecule has 39 heavy (non-hydrogen) atoms. The summed E-state index contributed by atoms with van der Waals surface area (Å²) in [4.78, 5) is 27.6. The molecule has 1 N–H and O–H groups in total. The number of aryl methyl sites for hydroxylation is 1. The number of rotatable bonds is 6. The number of amides is 2. The minimum absolute atomic E-state index is 0.0310. The summed E-state index contributed by atoms with van der Waals surface area (Å²) in [6, 6.07) is 23.2. The fourth-order valence-electron chi connectivity index (χ4n) is 4.44. The van der Waals surface area contributed by atoms with E-state index in [2.05, 4.69) is 55.4 Å². The predicted molar refractivity (Wildman–Crippen MR) is 164 cm³/mol. The Labute approximate surface area is 247 Å². The molecule has 4 aromatic rings. The lowest BCUT2D eigenvalue weighted by atomic mass is 10.0. The molecule has 0 atom stereocenters. The van der Waals surface area contributed by atoms with Crippen LogP contribution < -0.4 is 19.7 Å². The molecule has 0 bridgehead atoms. The normalized spacial score (nSPS) is 14.6. The third-order valence-corrected chi connectivity index (χ3v) is 7.68. The van der Waals surface area contributed by atoms with Crippen molar-refractivity contribution in [3.63, 3.8) is 0 Å². The topological polar surface area (TPSA) is 67.9 Å². The van der Waals surface area contributed by atoms with Crippen LogP contribution in [0.1, 0.15) is 16.7 Å². The Morgan fingerprint density at radius 2 is 1.77 bits per heavy atom. The number of thiocarbonyl (C=S) groups is 1. The summed E-state index contributed by atoms with van der Waals surface area (Å²) in [6.45, 7) is 2.20. The fraction of sp³-hybridized carbons (Fsp3) is 0.100. The number of anilines is 1. The zero-order valence-electron chi connectivity index (χ0n) is 21.0. The minimum Gasteiger partial charge on any atom is -0.493 e. The molecule has 4 aromatic carbocycles. The van der Waals surface area contributed by atoms with E-state index in [1.807, 2.05) is 43.3 Å². The van der Waals surface area contributed by atoms with Crippen molar-refractivity contribution in [1.82, 2.24) is 5.32 Å². The number of ether oxygens (including phenoxy) is 2. The maximum Gasteiger partial charge on any atom is 0.270 e. The van der Waals surface area contributed by atoms with E-state index in [1.54, 1.807) is 25.3 Å². The molecule has 9 heteroatoms. The van der Waals surface area contributed by atoms with Crippen molar-refractivity contribution < 1.29 is 19.1 Å². The minimum atomic E-state index is -0.567. The van der Waals surface area contributed by atoms with Crippen LogP contribution in [0.4, 0.5) is 5.69 Å². The number of benzene rings is 4. The molecule has 0 radical (unpaired) electrons. The zero-order valence-corrected chi connectivity index (χ0v) is 24.9. The van der Waals surface area contributed by atoms with E-state index < -0.39 is 11.8 Å². The molecule has 0 unspecified atom stereocenters. The van der Waals surface area contributed by atoms with Crippen LogP contribution in [-0.2, 0) is 16.2 Å². The second-order valence-corrected chi connectivity index (χ2v) is 11.0. The van der Waals surface area contributed by atoms with E-state index in [-0.39, 0.29) is 10.7 Å². The molecule has 0 spiro atoms. The molecule has 5 rings (SSSR count). The average molecular weight is 666 g/mol. The second kappa shape index (κ2) is 11.3. The molecule has 1 aliphatic heterocycles. The van der Waals surface area contributed by atoms with Crippen LogP contribution in [0.2, 0.25) is 0 Å². The van der Waals surface area contributed by atoms with Gasteiger partial charge in [-0.05, 0) is 98.9 Å². The summed E-state index contributed by atoms with van der Waals surface area (Å²) in [5.74, 6) is -0.112. The quantitative estimate of drug-likeness (QED) is 0.135. The standard InChI is InChI=1S/C30H22Br2N2O4S/c1-17-12-21(31)10-11-25(17)34-29(36)23(28(35)33-30(34)39)13-18-14-24(32)27(26(15-18)37-2)38-16-20-8-5-7-19-6-3-4-9-22(19)20/h3-15H,16H2,1-2H3,(H,33,35,39)/b23-13-. The van der Waals surface area contributed by atoms with Gasteiger partial charge in [-0.3, -0.25) is 19.8 Å². The van der Waals surface area contributed by atoms with Gasteiger partial charge in [-0.2, -0.15) is 0 Å². The van der Waals surface area contributed by atoms with Crippen LogP contribution in [0.15, 0.2) is 87.3 Å².